The molecule has 1 fully saturated rings. The molecule has 0 bridgehead atoms. The third-order valence-electron chi connectivity index (χ3n) is 9.04. The van der Waals surface area contributed by atoms with Gasteiger partial charge in [-0.05, 0) is 117 Å². The van der Waals surface area contributed by atoms with Crippen LogP contribution in [0.1, 0.15) is 91.2 Å². The van der Waals surface area contributed by atoms with Crippen LogP contribution in [-0.2, 0) is 0 Å². The molecule has 0 unspecified atom stereocenters. The third kappa shape index (κ3) is 6.32. The molecular weight excluding hydrogens is 536 g/mol. The molecule has 0 amide bonds. The van der Waals surface area contributed by atoms with Crippen LogP contribution in [0.3, 0.4) is 0 Å². The fraction of sp³-hybridized carbons (Fsp3) is 0.375. The molecule has 6 rings (SSSR count). The quantitative estimate of drug-likeness (QED) is 0.195. The number of nitrogens with zero attached hydrogens (tertiary/aromatic N) is 2. The van der Waals surface area contributed by atoms with E-state index in [-0.39, 0.29) is 17.1 Å². The number of hydrogen-bond acceptors (Lipinski definition) is 3. The topological polar surface area (TPSA) is 41.4 Å². The lowest BCUT2D eigenvalue weighted by Crippen LogP contribution is -2.59. The highest BCUT2D eigenvalue weighted by Crippen LogP contribution is 2.35. The van der Waals surface area contributed by atoms with Crippen LogP contribution >= 0.6 is 0 Å². The monoisotopic (exact) mass is 584 g/mol. The van der Waals surface area contributed by atoms with Gasteiger partial charge in [-0.15, -0.1) is 0 Å². The predicted molar refractivity (Wildman–Crippen MR) is 188 cm³/mol. The van der Waals surface area contributed by atoms with Crippen molar-refractivity contribution in [2.45, 2.75) is 97.2 Å². The van der Waals surface area contributed by atoms with Gasteiger partial charge in [0.2, 0.25) is 0 Å². The van der Waals surface area contributed by atoms with Crippen molar-refractivity contribution in [2.75, 3.05) is 5.32 Å². The summed E-state index contributed by atoms with van der Waals surface area (Å²) in [5.74, 6) is 0.991. The summed E-state index contributed by atoms with van der Waals surface area (Å²) in [4.78, 5) is 5.54. The van der Waals surface area contributed by atoms with Crippen LogP contribution in [0.5, 0.6) is 0 Å². The first-order valence-electron chi connectivity index (χ1n) is 16.3. The largest absolute Gasteiger partial charge is 0.354 e. The number of anilines is 2. The molecule has 3 aromatic rings. The summed E-state index contributed by atoms with van der Waals surface area (Å²) in [6, 6.07) is 33.7. The second kappa shape index (κ2) is 11.6. The predicted octanol–water partition coefficient (Wildman–Crippen LogP) is 9.94. The molecule has 1 saturated heterocycles. The van der Waals surface area contributed by atoms with Crippen molar-refractivity contribution < 1.29 is 0 Å². The molecule has 0 saturated carbocycles. The lowest BCUT2D eigenvalue weighted by molar-refractivity contribution is 0.163. The summed E-state index contributed by atoms with van der Waals surface area (Å²) in [5.41, 5.74) is 9.54. The molecule has 0 spiro atoms. The van der Waals surface area contributed by atoms with Gasteiger partial charge in [0.1, 0.15) is 0 Å². The standard InChI is InChI=1S/C40H48N4/c1-26(2)28-13-17-32(18-14-28)41-35-22-31-21-30-11-9-10-12-37(30)44(34-19-15-29(16-20-34)27(3)4)38(31)23-36(35)42-33-24-39(5,6)43-40(7,8)25-33/h9-23,26-27,33,41,43H,24-25H2,1-8H3. The molecule has 2 heterocycles. The zero-order chi connectivity index (χ0) is 31.2. The van der Waals surface area contributed by atoms with Crippen LogP contribution in [0.25, 0.3) is 27.8 Å². The van der Waals surface area contributed by atoms with Crippen LogP contribution in [0.4, 0.5) is 11.4 Å². The first-order chi connectivity index (χ1) is 20.9. The Labute approximate surface area is 263 Å². The number of hydrogen-bond donors (Lipinski definition) is 2. The summed E-state index contributed by atoms with van der Waals surface area (Å²) in [6.07, 6.45) is 1.98. The van der Waals surface area contributed by atoms with Crippen LogP contribution in [0.15, 0.2) is 96.0 Å². The Morgan fingerprint density at radius 1 is 0.750 bits per heavy atom. The minimum Gasteiger partial charge on any atom is -0.354 e. The highest BCUT2D eigenvalue weighted by Gasteiger charge is 2.37. The van der Waals surface area contributed by atoms with E-state index < -0.39 is 0 Å². The van der Waals surface area contributed by atoms with Gasteiger partial charge in [0, 0.05) is 28.0 Å². The van der Waals surface area contributed by atoms with Gasteiger partial charge in [-0.25, -0.2) is 0 Å². The highest BCUT2D eigenvalue weighted by molar-refractivity contribution is 5.89. The van der Waals surface area contributed by atoms with Gasteiger partial charge in [0.15, 0.2) is 0 Å². The SMILES string of the molecule is CC(C)c1ccc(Nc2cc3cc4ccccc4n(-c4ccc(C(C)C)cc4)c-3cc2=NC2CC(C)(C)NC(C)(C)C2)cc1. The van der Waals surface area contributed by atoms with E-state index in [0.29, 0.717) is 11.8 Å². The number of pyridine rings is 1. The van der Waals surface area contributed by atoms with Crippen LogP contribution in [0, 0.1) is 0 Å². The molecule has 1 aliphatic carbocycles. The molecule has 0 atom stereocenters. The Morgan fingerprint density at radius 2 is 1.34 bits per heavy atom. The fourth-order valence-electron chi connectivity index (χ4n) is 7.17. The lowest BCUT2D eigenvalue weighted by atomic mass is 9.80. The van der Waals surface area contributed by atoms with Crippen LogP contribution in [0.2, 0.25) is 0 Å². The average Bonchev–Trinajstić information content (AvgIpc) is 2.95. The number of para-hydroxylation sites is 1. The average molecular weight is 585 g/mol. The highest BCUT2D eigenvalue weighted by atomic mass is 15.1. The molecule has 2 aliphatic heterocycles. The van der Waals surface area contributed by atoms with Crippen LogP contribution < -0.4 is 16.0 Å². The minimum atomic E-state index is 0.0152. The Hall–Kier alpha value is -3.89. The molecule has 0 aromatic heterocycles. The smallest absolute Gasteiger partial charge is 0.0833 e. The van der Waals surface area contributed by atoms with E-state index in [4.69, 9.17) is 4.99 Å². The van der Waals surface area contributed by atoms with Gasteiger partial charge in [0.25, 0.3) is 0 Å². The first kappa shape index (κ1) is 30.1. The van der Waals surface area contributed by atoms with Crippen molar-refractivity contribution in [2.24, 2.45) is 4.99 Å². The molecule has 4 nitrogen and oxygen atoms in total. The zero-order valence-corrected chi connectivity index (χ0v) is 27.7. The fourth-order valence-corrected chi connectivity index (χ4v) is 7.17. The number of rotatable bonds is 6. The van der Waals surface area contributed by atoms with Gasteiger partial charge in [-0.3, -0.25) is 4.99 Å². The summed E-state index contributed by atoms with van der Waals surface area (Å²) < 4.78 is 2.41. The Bertz CT molecular complexity index is 1790. The van der Waals surface area contributed by atoms with Crippen molar-refractivity contribution in [1.29, 1.82) is 0 Å². The summed E-state index contributed by atoms with van der Waals surface area (Å²) in [7, 11) is 0. The Morgan fingerprint density at radius 3 is 1.95 bits per heavy atom. The summed E-state index contributed by atoms with van der Waals surface area (Å²) in [5, 5.41) is 9.82. The molecule has 3 aromatic carbocycles. The number of fused-ring (bicyclic) bond motifs is 2. The number of piperidine rings is 1. The van der Waals surface area contributed by atoms with Crippen molar-refractivity contribution >= 4 is 22.3 Å². The maximum Gasteiger partial charge on any atom is 0.0833 e. The summed E-state index contributed by atoms with van der Waals surface area (Å²) >= 11 is 0. The number of aromatic nitrogens is 1. The molecular formula is C40H48N4. The molecule has 228 valence electrons. The van der Waals surface area contributed by atoms with E-state index in [2.05, 4.69) is 162 Å². The van der Waals surface area contributed by atoms with Crippen molar-refractivity contribution in [3.63, 3.8) is 0 Å². The zero-order valence-electron chi connectivity index (χ0n) is 27.7. The van der Waals surface area contributed by atoms with Crippen molar-refractivity contribution in [3.8, 4) is 16.9 Å². The molecule has 0 radical (unpaired) electrons. The number of nitrogens with one attached hydrogen (secondary N) is 2. The van der Waals surface area contributed by atoms with E-state index >= 15 is 0 Å². The molecule has 3 aliphatic rings. The van der Waals surface area contributed by atoms with Gasteiger partial charge in [-0.1, -0.05) is 70.2 Å². The van der Waals surface area contributed by atoms with E-state index in [1.807, 2.05) is 0 Å². The van der Waals surface area contributed by atoms with Gasteiger partial charge < -0.3 is 15.2 Å². The Balaban J connectivity index is 1.58. The van der Waals surface area contributed by atoms with Crippen LogP contribution in [-0.4, -0.2) is 21.7 Å². The first-order valence-corrected chi connectivity index (χ1v) is 16.3. The molecule has 44 heavy (non-hydrogen) atoms. The van der Waals surface area contributed by atoms with E-state index in [0.717, 1.165) is 41.0 Å². The second-order valence-electron chi connectivity index (χ2n) is 14.7. The van der Waals surface area contributed by atoms with Gasteiger partial charge in [-0.2, -0.15) is 0 Å². The van der Waals surface area contributed by atoms with Crippen molar-refractivity contribution in [1.82, 2.24) is 9.88 Å². The molecule has 4 heteroatoms. The lowest BCUT2D eigenvalue weighted by Gasteiger charge is -2.45. The van der Waals surface area contributed by atoms with E-state index in [1.54, 1.807) is 0 Å². The van der Waals surface area contributed by atoms with Gasteiger partial charge >= 0.3 is 0 Å². The maximum absolute atomic E-state index is 5.54. The number of benzene rings is 4. The third-order valence-corrected chi connectivity index (χ3v) is 9.04. The van der Waals surface area contributed by atoms with Gasteiger partial charge in [0.05, 0.1) is 28.3 Å². The Kier molecular flexibility index (Phi) is 7.92. The minimum absolute atomic E-state index is 0.0152. The molecule has 2 N–H and O–H groups in total. The maximum atomic E-state index is 5.54. The van der Waals surface area contributed by atoms with E-state index in [1.165, 1.54) is 27.6 Å². The summed E-state index contributed by atoms with van der Waals surface area (Å²) in [6.45, 7) is 18.2. The van der Waals surface area contributed by atoms with Crippen molar-refractivity contribution in [3.05, 3.63) is 107 Å². The van der Waals surface area contributed by atoms with E-state index in [9.17, 15) is 0 Å². The normalized spacial score (nSPS) is 17.2. The second-order valence-corrected chi connectivity index (χ2v) is 14.7.